The minimum absolute atomic E-state index is 0.0412. The van der Waals surface area contributed by atoms with Crippen LogP contribution < -0.4 is 14.8 Å². The van der Waals surface area contributed by atoms with Crippen LogP contribution in [0.2, 0.25) is 5.02 Å². The molecule has 1 aromatic heterocycles. The molecule has 0 radical (unpaired) electrons. The minimum atomic E-state index is -0.0412. The molecule has 0 atom stereocenters. The van der Waals surface area contributed by atoms with Gasteiger partial charge < -0.3 is 14.8 Å². The summed E-state index contributed by atoms with van der Waals surface area (Å²) < 4.78 is 12.9. The van der Waals surface area contributed by atoms with E-state index in [0.29, 0.717) is 49.2 Å². The Balaban J connectivity index is 1.90. The molecule has 1 heterocycles. The zero-order valence-corrected chi connectivity index (χ0v) is 16.5. The smallest absolute Gasteiger partial charge is 0.222 e. The number of aryl methyl sites for hydroxylation is 2. The van der Waals surface area contributed by atoms with Crippen LogP contribution in [0.4, 0.5) is 0 Å². The number of amides is 1. The normalized spacial score (nSPS) is 10.7. The number of benzene rings is 1. The number of rotatable bonds is 9. The molecule has 0 bridgehead atoms. The van der Waals surface area contributed by atoms with Crippen molar-refractivity contribution in [1.82, 2.24) is 15.1 Å². The number of hydrogen-bond donors (Lipinski definition) is 1. The highest BCUT2D eigenvalue weighted by Crippen LogP contribution is 2.28. The van der Waals surface area contributed by atoms with E-state index in [9.17, 15) is 4.79 Å². The fourth-order valence-corrected chi connectivity index (χ4v) is 2.73. The molecule has 2 rings (SSSR count). The predicted molar refractivity (Wildman–Crippen MR) is 102 cm³/mol. The summed E-state index contributed by atoms with van der Waals surface area (Å²) in [6, 6.07) is 5.69. The number of hydrogen-bond acceptors (Lipinski definition) is 4. The van der Waals surface area contributed by atoms with Crippen LogP contribution >= 0.6 is 11.6 Å². The molecule has 6 nitrogen and oxygen atoms in total. The van der Waals surface area contributed by atoms with E-state index in [4.69, 9.17) is 21.1 Å². The lowest BCUT2D eigenvalue weighted by Crippen LogP contribution is -2.24. The number of halogens is 1. The quantitative estimate of drug-likeness (QED) is 0.722. The van der Waals surface area contributed by atoms with Gasteiger partial charge in [-0.25, -0.2) is 0 Å². The molecule has 0 aliphatic carbocycles. The van der Waals surface area contributed by atoms with Crippen LogP contribution in [0.25, 0.3) is 0 Å². The van der Waals surface area contributed by atoms with Crippen LogP contribution in [0.1, 0.15) is 37.2 Å². The average Bonchev–Trinajstić information content (AvgIpc) is 2.87. The van der Waals surface area contributed by atoms with Gasteiger partial charge in [0.2, 0.25) is 5.91 Å². The van der Waals surface area contributed by atoms with E-state index < -0.39 is 0 Å². The maximum absolute atomic E-state index is 12.1. The second-order valence-electron chi connectivity index (χ2n) is 5.88. The summed E-state index contributed by atoms with van der Waals surface area (Å²) >= 11 is 6.12. The molecule has 1 amide bonds. The second kappa shape index (κ2) is 9.48. The molecule has 0 aliphatic heterocycles. The maximum atomic E-state index is 12.1. The third kappa shape index (κ3) is 5.14. The van der Waals surface area contributed by atoms with Crippen LogP contribution in [-0.4, -0.2) is 28.9 Å². The van der Waals surface area contributed by atoms with E-state index in [1.807, 2.05) is 45.9 Å². The van der Waals surface area contributed by atoms with E-state index in [-0.39, 0.29) is 5.91 Å². The molecule has 0 spiro atoms. The monoisotopic (exact) mass is 379 g/mol. The molecule has 142 valence electrons. The van der Waals surface area contributed by atoms with Crippen molar-refractivity contribution in [3.05, 3.63) is 40.2 Å². The van der Waals surface area contributed by atoms with Gasteiger partial charge in [-0.15, -0.1) is 0 Å². The number of aromatic nitrogens is 2. The molecule has 0 aliphatic rings. The van der Waals surface area contributed by atoms with Gasteiger partial charge in [-0.3, -0.25) is 9.48 Å². The summed E-state index contributed by atoms with van der Waals surface area (Å²) in [7, 11) is 0. The summed E-state index contributed by atoms with van der Waals surface area (Å²) in [5.41, 5.74) is 2.62. The number of nitrogens with one attached hydrogen (secondary N) is 1. The van der Waals surface area contributed by atoms with E-state index in [2.05, 4.69) is 10.4 Å². The molecule has 0 unspecified atom stereocenters. The molecule has 0 saturated heterocycles. The standard InChI is InChI=1S/C19H26ClN3O3/c1-5-25-16-8-7-15(11-17(16)26-6-2)12-21-18(24)9-10-23-14(4)19(20)13(3)22-23/h7-8,11H,5-6,9-10,12H2,1-4H3,(H,21,24). The lowest BCUT2D eigenvalue weighted by atomic mass is 10.2. The maximum Gasteiger partial charge on any atom is 0.222 e. The van der Waals surface area contributed by atoms with Crippen LogP contribution in [0.3, 0.4) is 0 Å². The van der Waals surface area contributed by atoms with Gasteiger partial charge in [0.05, 0.1) is 36.2 Å². The zero-order valence-electron chi connectivity index (χ0n) is 15.8. The zero-order chi connectivity index (χ0) is 19.1. The van der Waals surface area contributed by atoms with Crippen LogP contribution in [0.15, 0.2) is 18.2 Å². The Morgan fingerprint density at radius 1 is 1.19 bits per heavy atom. The van der Waals surface area contributed by atoms with Crippen LogP contribution in [0, 0.1) is 13.8 Å². The summed E-state index contributed by atoms with van der Waals surface area (Å²) in [6.07, 6.45) is 0.341. The highest BCUT2D eigenvalue weighted by Gasteiger charge is 2.11. The third-order valence-electron chi connectivity index (χ3n) is 3.94. The first-order valence-electron chi connectivity index (χ1n) is 8.81. The van der Waals surface area contributed by atoms with Crippen LogP contribution in [0.5, 0.6) is 11.5 Å². The van der Waals surface area contributed by atoms with Gasteiger partial charge >= 0.3 is 0 Å². The van der Waals surface area contributed by atoms with Crippen molar-refractivity contribution in [2.75, 3.05) is 13.2 Å². The topological polar surface area (TPSA) is 65.4 Å². The largest absolute Gasteiger partial charge is 0.490 e. The van der Waals surface area contributed by atoms with Crippen molar-refractivity contribution in [2.45, 2.75) is 47.2 Å². The lowest BCUT2D eigenvalue weighted by molar-refractivity contribution is -0.121. The molecule has 1 aromatic carbocycles. The molecular formula is C19H26ClN3O3. The summed E-state index contributed by atoms with van der Waals surface area (Å²) in [6.45, 7) is 9.67. The van der Waals surface area contributed by atoms with Gasteiger partial charge in [-0.05, 0) is 45.4 Å². The van der Waals surface area contributed by atoms with Crippen molar-refractivity contribution in [3.8, 4) is 11.5 Å². The molecular weight excluding hydrogens is 354 g/mol. The van der Waals surface area contributed by atoms with Crippen molar-refractivity contribution in [1.29, 1.82) is 0 Å². The fraction of sp³-hybridized carbons (Fsp3) is 0.474. The number of ether oxygens (including phenoxy) is 2. The van der Waals surface area contributed by atoms with E-state index >= 15 is 0 Å². The Labute approximate surface area is 159 Å². The summed E-state index contributed by atoms with van der Waals surface area (Å²) in [5.74, 6) is 1.37. The molecule has 7 heteroatoms. The first-order valence-corrected chi connectivity index (χ1v) is 9.18. The highest BCUT2D eigenvalue weighted by molar-refractivity contribution is 6.31. The third-order valence-corrected chi connectivity index (χ3v) is 4.49. The molecule has 1 N–H and O–H groups in total. The van der Waals surface area contributed by atoms with Crippen molar-refractivity contribution < 1.29 is 14.3 Å². The number of carbonyl (C=O) groups is 1. The van der Waals surface area contributed by atoms with Gasteiger partial charge in [-0.2, -0.15) is 5.10 Å². The predicted octanol–water partition coefficient (Wildman–Crippen LogP) is 3.66. The van der Waals surface area contributed by atoms with Crippen molar-refractivity contribution in [3.63, 3.8) is 0 Å². The second-order valence-corrected chi connectivity index (χ2v) is 6.26. The average molecular weight is 380 g/mol. The Bertz CT molecular complexity index is 759. The molecule has 26 heavy (non-hydrogen) atoms. The Kier molecular flexibility index (Phi) is 7.33. The van der Waals surface area contributed by atoms with Crippen molar-refractivity contribution >= 4 is 17.5 Å². The SMILES string of the molecule is CCOc1ccc(CNC(=O)CCn2nc(C)c(Cl)c2C)cc1OCC. The van der Waals surface area contributed by atoms with Gasteiger partial charge in [-0.1, -0.05) is 17.7 Å². The first kappa shape index (κ1) is 20.1. The lowest BCUT2D eigenvalue weighted by Gasteiger charge is -2.13. The van der Waals surface area contributed by atoms with E-state index in [1.165, 1.54) is 0 Å². The van der Waals surface area contributed by atoms with Gasteiger partial charge in [0, 0.05) is 13.0 Å². The summed E-state index contributed by atoms with van der Waals surface area (Å²) in [5, 5.41) is 7.91. The fourth-order valence-electron chi connectivity index (χ4n) is 2.59. The minimum Gasteiger partial charge on any atom is -0.490 e. The summed E-state index contributed by atoms with van der Waals surface area (Å²) in [4.78, 5) is 12.1. The molecule has 2 aromatic rings. The van der Waals surface area contributed by atoms with E-state index in [1.54, 1.807) is 4.68 Å². The molecule has 0 fully saturated rings. The van der Waals surface area contributed by atoms with E-state index in [0.717, 1.165) is 17.0 Å². The number of carbonyl (C=O) groups excluding carboxylic acids is 1. The Morgan fingerprint density at radius 3 is 2.50 bits per heavy atom. The number of nitrogens with zero attached hydrogens (tertiary/aromatic N) is 2. The molecule has 0 saturated carbocycles. The highest BCUT2D eigenvalue weighted by atomic mass is 35.5. The Morgan fingerprint density at radius 2 is 1.88 bits per heavy atom. The van der Waals surface area contributed by atoms with Gasteiger partial charge in [0.25, 0.3) is 0 Å². The van der Waals surface area contributed by atoms with Crippen molar-refractivity contribution in [2.24, 2.45) is 0 Å². The Hall–Kier alpha value is -2.21. The van der Waals surface area contributed by atoms with Crippen LogP contribution in [-0.2, 0) is 17.9 Å². The van der Waals surface area contributed by atoms with Gasteiger partial charge in [0.15, 0.2) is 11.5 Å². The van der Waals surface area contributed by atoms with Gasteiger partial charge in [0.1, 0.15) is 0 Å². The first-order chi connectivity index (χ1) is 12.5.